The van der Waals surface area contributed by atoms with Crippen molar-refractivity contribution in [2.24, 2.45) is 11.3 Å². The predicted molar refractivity (Wildman–Crippen MR) is 76.8 cm³/mol. The molecule has 0 spiro atoms. The summed E-state index contributed by atoms with van der Waals surface area (Å²) >= 11 is 0. The molecule has 0 bridgehead atoms. The van der Waals surface area contributed by atoms with Crippen molar-refractivity contribution in [1.29, 1.82) is 0 Å². The summed E-state index contributed by atoms with van der Waals surface area (Å²) in [6.07, 6.45) is 7.25. The Morgan fingerprint density at radius 2 is 1.94 bits per heavy atom. The van der Waals surface area contributed by atoms with Crippen molar-refractivity contribution in [3.05, 3.63) is 0 Å². The maximum absolute atomic E-state index is 2.85. The van der Waals surface area contributed by atoms with Gasteiger partial charge in [-0.05, 0) is 43.6 Å². The van der Waals surface area contributed by atoms with Crippen LogP contribution in [0.5, 0.6) is 0 Å². The van der Waals surface area contributed by atoms with Gasteiger partial charge in [0.05, 0.1) is 0 Å². The lowest BCUT2D eigenvalue weighted by Crippen LogP contribution is -2.61. The Kier molecular flexibility index (Phi) is 3.44. The van der Waals surface area contributed by atoms with Crippen LogP contribution in [0.2, 0.25) is 0 Å². The Labute approximate surface area is 113 Å². The van der Waals surface area contributed by atoms with E-state index in [4.69, 9.17) is 0 Å². The number of fused-ring (bicyclic) bond motifs is 1. The maximum Gasteiger partial charge on any atom is 0.0247 e. The molecule has 2 heteroatoms. The summed E-state index contributed by atoms with van der Waals surface area (Å²) in [5.41, 5.74) is 0.671. The lowest BCUT2D eigenvalue weighted by atomic mass is 9.91. The Morgan fingerprint density at radius 3 is 2.61 bits per heavy atom. The molecule has 1 aliphatic carbocycles. The van der Waals surface area contributed by atoms with E-state index in [2.05, 4.69) is 30.6 Å². The summed E-state index contributed by atoms with van der Waals surface area (Å²) in [6, 6.07) is 1.67. The monoisotopic (exact) mass is 250 g/mol. The minimum absolute atomic E-state index is 0.671. The van der Waals surface area contributed by atoms with Crippen molar-refractivity contribution >= 4 is 0 Å². The van der Waals surface area contributed by atoms with Crippen LogP contribution in [0.25, 0.3) is 0 Å². The van der Waals surface area contributed by atoms with E-state index in [0.29, 0.717) is 5.41 Å². The van der Waals surface area contributed by atoms with Crippen LogP contribution in [0.15, 0.2) is 0 Å². The number of piperazine rings is 1. The Hall–Kier alpha value is -0.0800. The fourth-order valence-corrected chi connectivity index (χ4v) is 3.95. The number of rotatable bonds is 3. The van der Waals surface area contributed by atoms with Crippen molar-refractivity contribution in [2.75, 3.05) is 26.2 Å². The Bertz CT molecular complexity index is 295. The molecule has 2 unspecified atom stereocenters. The molecular weight excluding hydrogens is 220 g/mol. The number of hydrogen-bond donors (Lipinski definition) is 0. The molecule has 3 rings (SSSR count). The van der Waals surface area contributed by atoms with Crippen LogP contribution in [0.1, 0.15) is 52.9 Å². The quantitative estimate of drug-likeness (QED) is 0.760. The molecular formula is C16H30N2. The highest BCUT2D eigenvalue weighted by Crippen LogP contribution is 2.46. The van der Waals surface area contributed by atoms with Crippen LogP contribution < -0.4 is 0 Å². The average Bonchev–Trinajstić information content (AvgIpc) is 3.05. The molecule has 3 aliphatic rings. The Balaban J connectivity index is 1.69. The number of hydrogen-bond acceptors (Lipinski definition) is 2. The summed E-state index contributed by atoms with van der Waals surface area (Å²) in [4.78, 5) is 5.64. The van der Waals surface area contributed by atoms with Gasteiger partial charge in [-0.3, -0.25) is 9.80 Å². The van der Waals surface area contributed by atoms with Crippen molar-refractivity contribution in [3.8, 4) is 0 Å². The molecule has 3 fully saturated rings. The van der Waals surface area contributed by atoms with Crippen molar-refractivity contribution < 1.29 is 0 Å². The molecule has 0 amide bonds. The second-order valence-corrected chi connectivity index (χ2v) is 7.70. The van der Waals surface area contributed by atoms with Gasteiger partial charge in [-0.15, -0.1) is 0 Å². The van der Waals surface area contributed by atoms with Crippen LogP contribution in [0.3, 0.4) is 0 Å². The van der Waals surface area contributed by atoms with Gasteiger partial charge in [-0.1, -0.05) is 27.2 Å². The van der Waals surface area contributed by atoms with Crippen molar-refractivity contribution in [3.63, 3.8) is 0 Å². The normalized spacial score (nSPS) is 36.7. The second-order valence-electron chi connectivity index (χ2n) is 7.70. The fourth-order valence-electron chi connectivity index (χ4n) is 3.95. The van der Waals surface area contributed by atoms with Gasteiger partial charge in [-0.2, -0.15) is 0 Å². The molecule has 104 valence electrons. The molecule has 0 radical (unpaired) electrons. The van der Waals surface area contributed by atoms with Crippen molar-refractivity contribution in [1.82, 2.24) is 9.80 Å². The molecule has 2 saturated heterocycles. The largest absolute Gasteiger partial charge is 0.298 e. The third-order valence-electron chi connectivity index (χ3n) is 5.54. The van der Waals surface area contributed by atoms with Gasteiger partial charge in [0.15, 0.2) is 0 Å². The molecule has 18 heavy (non-hydrogen) atoms. The first-order valence-corrected chi connectivity index (χ1v) is 8.05. The van der Waals surface area contributed by atoms with E-state index >= 15 is 0 Å². The van der Waals surface area contributed by atoms with Crippen LogP contribution in [-0.2, 0) is 0 Å². The summed E-state index contributed by atoms with van der Waals surface area (Å²) < 4.78 is 0. The van der Waals surface area contributed by atoms with Crippen LogP contribution >= 0.6 is 0 Å². The summed E-state index contributed by atoms with van der Waals surface area (Å²) in [5.74, 6) is 0.801. The highest BCUT2D eigenvalue weighted by molar-refractivity contribution is 4.98. The number of piperidine rings is 1. The molecule has 2 aliphatic heterocycles. The van der Waals surface area contributed by atoms with Crippen LogP contribution in [0.4, 0.5) is 0 Å². The maximum atomic E-state index is 2.85. The molecule has 2 atom stereocenters. The highest BCUT2D eigenvalue weighted by Gasteiger charge is 2.43. The molecule has 0 aromatic carbocycles. The molecule has 0 N–H and O–H groups in total. The van der Waals surface area contributed by atoms with E-state index in [1.807, 2.05) is 0 Å². The molecule has 2 nitrogen and oxygen atoms in total. The zero-order valence-electron chi connectivity index (χ0n) is 12.5. The number of nitrogens with zero attached hydrogens (tertiary/aromatic N) is 2. The van der Waals surface area contributed by atoms with E-state index in [1.165, 1.54) is 58.3 Å². The minimum atomic E-state index is 0.671. The average molecular weight is 250 g/mol. The molecule has 0 aromatic heterocycles. The van der Waals surface area contributed by atoms with Gasteiger partial charge in [0.1, 0.15) is 0 Å². The van der Waals surface area contributed by atoms with Crippen molar-refractivity contribution in [2.45, 2.75) is 65.0 Å². The lowest BCUT2D eigenvalue weighted by molar-refractivity contribution is -0.0156. The second kappa shape index (κ2) is 4.79. The summed E-state index contributed by atoms with van der Waals surface area (Å²) in [7, 11) is 0. The van der Waals surface area contributed by atoms with Gasteiger partial charge >= 0.3 is 0 Å². The summed E-state index contributed by atoms with van der Waals surface area (Å²) in [5, 5.41) is 0. The smallest absolute Gasteiger partial charge is 0.0247 e. The van der Waals surface area contributed by atoms with E-state index in [9.17, 15) is 0 Å². The van der Waals surface area contributed by atoms with Gasteiger partial charge in [0.2, 0.25) is 0 Å². The SMILES string of the molecule is CC(C)C1CN2CCCCC2CN1CC1(C)CC1. The molecule has 0 aromatic rings. The van der Waals surface area contributed by atoms with Gasteiger partial charge in [0, 0.05) is 31.7 Å². The highest BCUT2D eigenvalue weighted by atomic mass is 15.3. The zero-order chi connectivity index (χ0) is 12.8. The van der Waals surface area contributed by atoms with Gasteiger partial charge in [-0.25, -0.2) is 0 Å². The zero-order valence-corrected chi connectivity index (χ0v) is 12.5. The first-order chi connectivity index (χ1) is 8.57. The molecule has 1 saturated carbocycles. The first-order valence-electron chi connectivity index (χ1n) is 8.05. The van der Waals surface area contributed by atoms with Gasteiger partial charge in [0.25, 0.3) is 0 Å². The van der Waals surface area contributed by atoms with Crippen LogP contribution in [0, 0.1) is 11.3 Å². The predicted octanol–water partition coefficient (Wildman–Crippen LogP) is 2.98. The van der Waals surface area contributed by atoms with E-state index < -0.39 is 0 Å². The van der Waals surface area contributed by atoms with E-state index in [1.54, 1.807) is 0 Å². The van der Waals surface area contributed by atoms with E-state index in [-0.39, 0.29) is 0 Å². The standard InChI is InChI=1S/C16H30N2/c1-13(2)15-11-17-9-5-4-6-14(17)10-18(15)12-16(3)7-8-16/h13-15H,4-12H2,1-3H3. The van der Waals surface area contributed by atoms with E-state index in [0.717, 1.165) is 18.0 Å². The minimum Gasteiger partial charge on any atom is -0.298 e. The lowest BCUT2D eigenvalue weighted by Gasteiger charge is -2.50. The first kappa shape index (κ1) is 12.9. The fraction of sp³-hybridized carbons (Fsp3) is 1.00. The third kappa shape index (κ3) is 2.60. The summed E-state index contributed by atoms with van der Waals surface area (Å²) in [6.45, 7) is 12.7. The third-order valence-corrected chi connectivity index (χ3v) is 5.54. The molecule has 2 heterocycles. The topological polar surface area (TPSA) is 6.48 Å². The van der Waals surface area contributed by atoms with Gasteiger partial charge < -0.3 is 0 Å². The Morgan fingerprint density at radius 1 is 1.17 bits per heavy atom. The van der Waals surface area contributed by atoms with Crippen LogP contribution in [-0.4, -0.2) is 48.1 Å².